The quantitative estimate of drug-likeness (QED) is 0.0711. The van der Waals surface area contributed by atoms with Crippen molar-refractivity contribution >= 4 is 14.4 Å². The van der Waals surface area contributed by atoms with Crippen LogP contribution in [0.2, 0.25) is 16.6 Å². The fraction of sp³-hybridized carbons (Fsp3) is 0.735. The van der Waals surface area contributed by atoms with E-state index in [2.05, 4.69) is 66.9 Å². The number of rotatable bonds is 20. The number of hydrogen-bond acceptors (Lipinski definition) is 3. The van der Waals surface area contributed by atoms with Crippen molar-refractivity contribution in [3.05, 3.63) is 23.3 Å². The lowest BCUT2D eigenvalue weighted by Crippen LogP contribution is -2.43. The van der Waals surface area contributed by atoms with Crippen molar-refractivity contribution in [3.8, 4) is 23.0 Å². The average molecular weight is 543 g/mol. The molecule has 0 aliphatic carbocycles. The molecule has 0 bridgehead atoms. The van der Waals surface area contributed by atoms with E-state index in [1.54, 1.807) is 0 Å². The highest BCUT2D eigenvalue weighted by molar-refractivity contribution is 6.90. The lowest BCUT2D eigenvalue weighted by molar-refractivity contribution is 0.111. The SMILES string of the molecule is CCCCCCCCOc1cc(C=O)c(OCCCCCCCC)cc1C#C[Si](C(C)C)(C(C)C)C(C)C. The molecule has 1 rings (SSSR count). The highest BCUT2D eigenvalue weighted by Crippen LogP contribution is 2.41. The predicted octanol–water partition coefficient (Wildman–Crippen LogP) is 10.5. The first kappa shape index (κ1) is 34.3. The molecule has 1 aromatic rings. The Morgan fingerprint density at radius 3 is 1.58 bits per heavy atom. The van der Waals surface area contributed by atoms with Crippen molar-refractivity contribution in [2.75, 3.05) is 13.2 Å². The van der Waals surface area contributed by atoms with Crippen molar-refractivity contribution < 1.29 is 14.3 Å². The molecule has 1 aromatic carbocycles. The normalized spacial score (nSPS) is 11.7. The van der Waals surface area contributed by atoms with Gasteiger partial charge in [-0.25, -0.2) is 0 Å². The molecule has 0 amide bonds. The molecule has 216 valence electrons. The second-order valence-corrected chi connectivity index (χ2v) is 17.5. The lowest BCUT2D eigenvalue weighted by Gasteiger charge is -2.38. The van der Waals surface area contributed by atoms with Gasteiger partial charge in [-0.3, -0.25) is 4.79 Å². The summed E-state index contributed by atoms with van der Waals surface area (Å²) in [7, 11) is -1.90. The van der Waals surface area contributed by atoms with Gasteiger partial charge in [0.25, 0.3) is 0 Å². The van der Waals surface area contributed by atoms with Gasteiger partial charge in [0.15, 0.2) is 6.29 Å². The molecule has 0 N–H and O–H groups in total. The summed E-state index contributed by atoms with van der Waals surface area (Å²) in [5.74, 6) is 4.93. The van der Waals surface area contributed by atoms with E-state index in [4.69, 9.17) is 9.47 Å². The summed E-state index contributed by atoms with van der Waals surface area (Å²) >= 11 is 0. The molecule has 0 atom stereocenters. The highest BCUT2D eigenvalue weighted by Gasteiger charge is 2.41. The molecule has 0 aliphatic rings. The van der Waals surface area contributed by atoms with Crippen LogP contribution in [0, 0.1) is 11.5 Å². The zero-order valence-corrected chi connectivity index (χ0v) is 27.1. The van der Waals surface area contributed by atoms with E-state index in [-0.39, 0.29) is 0 Å². The second kappa shape index (κ2) is 19.3. The molecule has 0 radical (unpaired) electrons. The van der Waals surface area contributed by atoms with E-state index >= 15 is 0 Å². The summed E-state index contributed by atoms with van der Waals surface area (Å²) in [6.07, 6.45) is 15.4. The van der Waals surface area contributed by atoms with E-state index in [9.17, 15) is 4.79 Å². The third-order valence-electron chi connectivity index (χ3n) is 8.03. The van der Waals surface area contributed by atoms with E-state index in [0.717, 1.165) is 36.9 Å². The number of aldehydes is 1. The van der Waals surface area contributed by atoms with Crippen LogP contribution in [0.25, 0.3) is 0 Å². The van der Waals surface area contributed by atoms with Gasteiger partial charge in [-0.15, -0.1) is 5.54 Å². The topological polar surface area (TPSA) is 35.5 Å². The van der Waals surface area contributed by atoms with Crippen LogP contribution in [-0.2, 0) is 0 Å². The molecule has 0 saturated heterocycles. The molecule has 0 saturated carbocycles. The van der Waals surface area contributed by atoms with Crippen molar-refractivity contribution in [2.24, 2.45) is 0 Å². The van der Waals surface area contributed by atoms with E-state index in [1.807, 2.05) is 12.1 Å². The largest absolute Gasteiger partial charge is 0.493 e. The fourth-order valence-electron chi connectivity index (χ4n) is 5.75. The summed E-state index contributed by atoms with van der Waals surface area (Å²) in [6, 6.07) is 3.82. The minimum Gasteiger partial charge on any atom is -0.493 e. The van der Waals surface area contributed by atoms with Crippen LogP contribution >= 0.6 is 0 Å². The molecular formula is C34H58O3Si. The summed E-state index contributed by atoms with van der Waals surface area (Å²) < 4.78 is 12.4. The molecule has 0 aromatic heterocycles. The van der Waals surface area contributed by atoms with E-state index in [1.165, 1.54) is 57.8 Å². The van der Waals surface area contributed by atoms with Gasteiger partial charge in [-0.1, -0.05) is 126 Å². The van der Waals surface area contributed by atoms with Gasteiger partial charge >= 0.3 is 0 Å². The first-order valence-electron chi connectivity index (χ1n) is 15.7. The standard InChI is InChI=1S/C34H58O3Si/c1-9-11-13-15-17-19-22-36-33-26-32(27-35)34(37-23-20-18-16-14-12-10-2)25-31(33)21-24-38(28(3)4,29(5)6)30(7)8/h25-30H,9-20,22-23H2,1-8H3. The third-order valence-corrected chi connectivity index (χ3v) is 14.3. The van der Waals surface area contributed by atoms with Gasteiger partial charge in [-0.05, 0) is 35.5 Å². The molecular weight excluding hydrogens is 484 g/mol. The molecule has 38 heavy (non-hydrogen) atoms. The van der Waals surface area contributed by atoms with Crippen molar-refractivity contribution in [1.82, 2.24) is 0 Å². The Morgan fingerprint density at radius 1 is 0.684 bits per heavy atom. The predicted molar refractivity (Wildman–Crippen MR) is 167 cm³/mol. The average Bonchev–Trinajstić information content (AvgIpc) is 2.87. The maximum absolute atomic E-state index is 12.0. The van der Waals surface area contributed by atoms with E-state index < -0.39 is 8.07 Å². The summed E-state index contributed by atoms with van der Waals surface area (Å²) in [5, 5.41) is 0. The van der Waals surface area contributed by atoms with Crippen LogP contribution in [0.1, 0.15) is 148 Å². The lowest BCUT2D eigenvalue weighted by atomic mass is 10.1. The van der Waals surface area contributed by atoms with Gasteiger partial charge in [0, 0.05) is 6.07 Å². The van der Waals surface area contributed by atoms with Gasteiger partial charge in [0.05, 0.1) is 24.3 Å². The van der Waals surface area contributed by atoms with Crippen LogP contribution < -0.4 is 9.47 Å². The smallest absolute Gasteiger partial charge is 0.153 e. The number of benzene rings is 1. The monoisotopic (exact) mass is 542 g/mol. The molecule has 0 fully saturated rings. The zero-order chi connectivity index (χ0) is 28.4. The molecule has 0 heterocycles. The Hall–Kier alpha value is -1.73. The van der Waals surface area contributed by atoms with Crippen molar-refractivity contribution in [1.29, 1.82) is 0 Å². The Labute approximate surface area is 236 Å². The van der Waals surface area contributed by atoms with Gasteiger partial charge in [-0.2, -0.15) is 0 Å². The number of carbonyl (C=O) groups excluding carboxylic acids is 1. The van der Waals surface area contributed by atoms with Crippen molar-refractivity contribution in [2.45, 2.75) is 149 Å². The number of carbonyl (C=O) groups is 1. The van der Waals surface area contributed by atoms with Crippen LogP contribution in [0.4, 0.5) is 0 Å². The van der Waals surface area contributed by atoms with Gasteiger partial charge in [0.1, 0.15) is 19.6 Å². The molecule has 4 heteroatoms. The Kier molecular flexibility index (Phi) is 17.5. The van der Waals surface area contributed by atoms with Gasteiger partial charge in [0.2, 0.25) is 0 Å². The Balaban J connectivity index is 3.19. The molecule has 0 spiro atoms. The van der Waals surface area contributed by atoms with Crippen molar-refractivity contribution in [3.63, 3.8) is 0 Å². The van der Waals surface area contributed by atoms with Crippen LogP contribution in [0.5, 0.6) is 11.5 Å². The number of ether oxygens (including phenoxy) is 2. The summed E-state index contributed by atoms with van der Waals surface area (Å²) in [4.78, 5) is 12.0. The van der Waals surface area contributed by atoms with Gasteiger partial charge < -0.3 is 9.47 Å². The van der Waals surface area contributed by atoms with Crippen LogP contribution in [-0.4, -0.2) is 27.6 Å². The number of hydrogen-bond donors (Lipinski definition) is 0. The van der Waals surface area contributed by atoms with Crippen LogP contribution in [0.15, 0.2) is 12.1 Å². The highest BCUT2D eigenvalue weighted by atomic mass is 28.3. The molecule has 0 unspecified atom stereocenters. The fourth-order valence-corrected chi connectivity index (χ4v) is 11.0. The Bertz CT molecular complexity index is 825. The second-order valence-electron chi connectivity index (χ2n) is 11.9. The molecule has 0 aliphatic heterocycles. The maximum Gasteiger partial charge on any atom is 0.153 e. The maximum atomic E-state index is 12.0. The minimum absolute atomic E-state index is 0.555. The first-order chi connectivity index (χ1) is 18.2. The zero-order valence-electron chi connectivity index (χ0n) is 26.1. The third kappa shape index (κ3) is 11.2. The first-order valence-corrected chi connectivity index (χ1v) is 17.9. The molecule has 3 nitrogen and oxygen atoms in total. The minimum atomic E-state index is -1.90. The summed E-state index contributed by atoms with van der Waals surface area (Å²) in [6.45, 7) is 19.8. The Morgan fingerprint density at radius 2 is 1.13 bits per heavy atom. The number of unbranched alkanes of at least 4 members (excludes halogenated alkanes) is 10. The van der Waals surface area contributed by atoms with Crippen LogP contribution in [0.3, 0.4) is 0 Å². The summed E-state index contributed by atoms with van der Waals surface area (Å²) in [5.41, 5.74) is 6.92. The van der Waals surface area contributed by atoms with E-state index in [0.29, 0.717) is 41.2 Å².